The van der Waals surface area contributed by atoms with Crippen molar-refractivity contribution in [1.29, 1.82) is 0 Å². The van der Waals surface area contributed by atoms with E-state index < -0.39 is 5.60 Å². The van der Waals surface area contributed by atoms with Gasteiger partial charge in [0.2, 0.25) is 0 Å². The molecule has 1 aliphatic heterocycles. The van der Waals surface area contributed by atoms with Gasteiger partial charge in [-0.2, -0.15) is 0 Å². The molecule has 3 rings (SSSR count). The molecular weight excluding hydrogens is 224 g/mol. The second kappa shape index (κ2) is 3.75. The van der Waals surface area contributed by atoms with Crippen molar-refractivity contribution in [2.75, 3.05) is 0 Å². The van der Waals surface area contributed by atoms with Gasteiger partial charge in [-0.05, 0) is 57.9 Å². The van der Waals surface area contributed by atoms with Crippen molar-refractivity contribution in [3.05, 3.63) is 11.3 Å². The first-order valence-electron chi connectivity index (χ1n) is 7.44. The number of hydrogen-bond donors (Lipinski definition) is 1. The molecule has 3 aliphatic rings. The SMILES string of the molecule is CC1=C(C)[C@@H]2CC[C@@H](C)[C@@H]3CC[C@](C)(O)C[C@@]23O1. The van der Waals surface area contributed by atoms with Crippen molar-refractivity contribution in [3.63, 3.8) is 0 Å². The van der Waals surface area contributed by atoms with Gasteiger partial charge >= 0.3 is 0 Å². The molecule has 0 saturated heterocycles. The van der Waals surface area contributed by atoms with Gasteiger partial charge in [0, 0.05) is 18.3 Å². The molecule has 2 saturated carbocycles. The zero-order valence-corrected chi connectivity index (χ0v) is 12.1. The van der Waals surface area contributed by atoms with Crippen LogP contribution in [0, 0.1) is 17.8 Å². The van der Waals surface area contributed by atoms with Crippen LogP contribution in [0.3, 0.4) is 0 Å². The third-order valence-corrected chi connectivity index (χ3v) is 5.89. The van der Waals surface area contributed by atoms with Gasteiger partial charge in [-0.3, -0.25) is 0 Å². The highest BCUT2D eigenvalue weighted by Crippen LogP contribution is 2.59. The minimum absolute atomic E-state index is 0.0897. The molecule has 2 fully saturated rings. The first-order valence-corrected chi connectivity index (χ1v) is 7.44. The fraction of sp³-hybridized carbons (Fsp3) is 0.875. The molecule has 5 atom stereocenters. The van der Waals surface area contributed by atoms with Gasteiger partial charge in [0.1, 0.15) is 5.60 Å². The lowest BCUT2D eigenvalue weighted by Gasteiger charge is -2.54. The van der Waals surface area contributed by atoms with Gasteiger partial charge in [0.15, 0.2) is 0 Å². The van der Waals surface area contributed by atoms with E-state index in [0.29, 0.717) is 11.8 Å². The monoisotopic (exact) mass is 250 g/mol. The zero-order valence-electron chi connectivity index (χ0n) is 12.1. The molecule has 2 heteroatoms. The maximum atomic E-state index is 10.5. The second-order valence-electron chi connectivity index (χ2n) is 7.22. The van der Waals surface area contributed by atoms with Crippen LogP contribution in [-0.4, -0.2) is 16.3 Å². The Morgan fingerprint density at radius 2 is 1.94 bits per heavy atom. The van der Waals surface area contributed by atoms with Gasteiger partial charge in [-0.15, -0.1) is 0 Å². The van der Waals surface area contributed by atoms with E-state index in [-0.39, 0.29) is 5.60 Å². The summed E-state index contributed by atoms with van der Waals surface area (Å²) in [7, 11) is 0. The summed E-state index contributed by atoms with van der Waals surface area (Å²) in [5.41, 5.74) is 0.800. The number of rotatable bonds is 0. The summed E-state index contributed by atoms with van der Waals surface area (Å²) in [5, 5.41) is 10.5. The van der Waals surface area contributed by atoms with E-state index in [1.165, 1.54) is 18.4 Å². The Balaban J connectivity index is 2.01. The number of ether oxygens (including phenoxy) is 1. The van der Waals surface area contributed by atoms with E-state index in [4.69, 9.17) is 4.74 Å². The molecule has 1 spiro atoms. The maximum Gasteiger partial charge on any atom is 0.121 e. The van der Waals surface area contributed by atoms with Gasteiger partial charge in [-0.1, -0.05) is 6.92 Å². The Morgan fingerprint density at radius 1 is 1.22 bits per heavy atom. The highest BCUT2D eigenvalue weighted by Gasteiger charge is 2.60. The van der Waals surface area contributed by atoms with Crippen LogP contribution in [-0.2, 0) is 4.74 Å². The van der Waals surface area contributed by atoms with Crippen LogP contribution in [0.2, 0.25) is 0 Å². The molecular formula is C16H26O2. The van der Waals surface area contributed by atoms with Gasteiger partial charge in [-0.25, -0.2) is 0 Å². The van der Waals surface area contributed by atoms with E-state index in [9.17, 15) is 5.11 Å². The van der Waals surface area contributed by atoms with Crippen LogP contribution in [0.5, 0.6) is 0 Å². The zero-order chi connectivity index (χ0) is 13.1. The molecule has 102 valence electrons. The van der Waals surface area contributed by atoms with Gasteiger partial charge in [0.25, 0.3) is 0 Å². The maximum absolute atomic E-state index is 10.5. The molecule has 0 aromatic heterocycles. The average molecular weight is 250 g/mol. The predicted octanol–water partition coefficient (Wildman–Crippen LogP) is 3.65. The summed E-state index contributed by atoms with van der Waals surface area (Å²) in [5.74, 6) is 3.03. The summed E-state index contributed by atoms with van der Waals surface area (Å²) < 4.78 is 6.39. The number of hydrogen-bond acceptors (Lipinski definition) is 2. The summed E-state index contributed by atoms with van der Waals surface area (Å²) in [6, 6.07) is 0. The summed E-state index contributed by atoms with van der Waals surface area (Å²) >= 11 is 0. The third-order valence-electron chi connectivity index (χ3n) is 5.89. The average Bonchev–Trinajstić information content (AvgIpc) is 2.48. The topological polar surface area (TPSA) is 29.5 Å². The second-order valence-corrected chi connectivity index (χ2v) is 7.22. The minimum atomic E-state index is -0.545. The first-order chi connectivity index (χ1) is 8.36. The van der Waals surface area contributed by atoms with Crippen molar-refractivity contribution in [3.8, 4) is 0 Å². The molecule has 1 N–H and O–H groups in total. The molecule has 1 heterocycles. The molecule has 0 amide bonds. The molecule has 2 nitrogen and oxygen atoms in total. The van der Waals surface area contributed by atoms with Crippen molar-refractivity contribution in [2.24, 2.45) is 17.8 Å². The van der Waals surface area contributed by atoms with Crippen LogP contribution in [0.1, 0.15) is 59.8 Å². The van der Waals surface area contributed by atoms with Crippen molar-refractivity contribution >= 4 is 0 Å². The normalized spacial score (nSPS) is 51.7. The molecule has 0 radical (unpaired) electrons. The minimum Gasteiger partial charge on any atom is -0.491 e. The highest BCUT2D eigenvalue weighted by molar-refractivity contribution is 5.25. The standard InChI is InChI=1S/C16H26O2/c1-10-5-6-14-11(2)12(3)18-16(14)9-15(4,17)8-7-13(10)16/h10,13-14,17H,5-9H2,1-4H3/t10-,13+,14+,15+,16+/m1/s1. The fourth-order valence-corrected chi connectivity index (χ4v) is 4.93. The van der Waals surface area contributed by atoms with Crippen LogP contribution in [0.15, 0.2) is 11.3 Å². The van der Waals surface area contributed by atoms with E-state index >= 15 is 0 Å². The van der Waals surface area contributed by atoms with Crippen molar-refractivity contribution in [2.45, 2.75) is 71.0 Å². The molecule has 0 bridgehead atoms. The van der Waals surface area contributed by atoms with E-state index in [1.54, 1.807) is 0 Å². The van der Waals surface area contributed by atoms with E-state index in [2.05, 4.69) is 20.8 Å². The van der Waals surface area contributed by atoms with Gasteiger partial charge < -0.3 is 9.84 Å². The van der Waals surface area contributed by atoms with Crippen molar-refractivity contribution in [1.82, 2.24) is 0 Å². The number of aliphatic hydroxyl groups is 1. The lowest BCUT2D eigenvalue weighted by Crippen LogP contribution is -2.57. The lowest BCUT2D eigenvalue weighted by molar-refractivity contribution is -0.172. The predicted molar refractivity (Wildman–Crippen MR) is 72.0 cm³/mol. The largest absolute Gasteiger partial charge is 0.491 e. The highest BCUT2D eigenvalue weighted by atomic mass is 16.5. The van der Waals surface area contributed by atoms with Crippen LogP contribution < -0.4 is 0 Å². The molecule has 0 aromatic carbocycles. The molecule has 2 aliphatic carbocycles. The third kappa shape index (κ3) is 1.57. The summed E-state index contributed by atoms with van der Waals surface area (Å²) in [6.45, 7) is 8.69. The number of allylic oxidation sites excluding steroid dienone is 1. The Hall–Kier alpha value is -0.500. The quantitative estimate of drug-likeness (QED) is 0.711. The fourth-order valence-electron chi connectivity index (χ4n) is 4.93. The Bertz CT molecular complexity index is 396. The van der Waals surface area contributed by atoms with Crippen LogP contribution in [0.4, 0.5) is 0 Å². The smallest absolute Gasteiger partial charge is 0.121 e. The molecule has 0 aromatic rings. The van der Waals surface area contributed by atoms with E-state index in [1.807, 2.05) is 6.92 Å². The Morgan fingerprint density at radius 3 is 2.67 bits per heavy atom. The van der Waals surface area contributed by atoms with E-state index in [0.717, 1.165) is 30.9 Å². The molecule has 0 unspecified atom stereocenters. The Kier molecular flexibility index (Phi) is 2.61. The van der Waals surface area contributed by atoms with Gasteiger partial charge in [0.05, 0.1) is 11.4 Å². The van der Waals surface area contributed by atoms with Crippen LogP contribution >= 0.6 is 0 Å². The first kappa shape index (κ1) is 12.5. The Labute approximate surface area is 110 Å². The van der Waals surface area contributed by atoms with Crippen LogP contribution in [0.25, 0.3) is 0 Å². The van der Waals surface area contributed by atoms with Crippen molar-refractivity contribution < 1.29 is 9.84 Å². The lowest BCUT2D eigenvalue weighted by atomic mass is 9.55. The molecule has 18 heavy (non-hydrogen) atoms. The summed E-state index contributed by atoms with van der Waals surface area (Å²) in [6.07, 6.45) is 5.40. The summed E-state index contributed by atoms with van der Waals surface area (Å²) in [4.78, 5) is 0.